The highest BCUT2D eigenvalue weighted by Gasteiger charge is 2.24. The van der Waals surface area contributed by atoms with E-state index in [4.69, 9.17) is 9.15 Å². The van der Waals surface area contributed by atoms with Gasteiger partial charge in [0.2, 0.25) is 5.91 Å². The molecule has 1 aliphatic rings. The smallest absolute Gasteiger partial charge is 0.321 e. The maximum Gasteiger partial charge on any atom is 0.321 e. The van der Waals surface area contributed by atoms with Gasteiger partial charge in [0.25, 0.3) is 0 Å². The van der Waals surface area contributed by atoms with Crippen LogP contribution in [-0.4, -0.2) is 43.1 Å². The second-order valence-electron chi connectivity index (χ2n) is 5.96. The number of furan rings is 1. The highest BCUT2D eigenvalue weighted by Crippen LogP contribution is 2.23. The second kappa shape index (κ2) is 8.98. The number of hydrogen-bond donors (Lipinski definition) is 2. The first-order chi connectivity index (χ1) is 12.6. The molecular formula is C18H20BrN3O4. The van der Waals surface area contributed by atoms with Crippen molar-refractivity contribution in [3.05, 3.63) is 58.5 Å². The number of rotatable bonds is 5. The summed E-state index contributed by atoms with van der Waals surface area (Å²) in [6, 6.07) is 10.9. The van der Waals surface area contributed by atoms with Gasteiger partial charge in [-0.3, -0.25) is 15.0 Å². The summed E-state index contributed by atoms with van der Waals surface area (Å²) >= 11 is 3.41. The van der Waals surface area contributed by atoms with Crippen LogP contribution in [0.2, 0.25) is 0 Å². The molecule has 3 rings (SSSR count). The quantitative estimate of drug-likeness (QED) is 0.774. The summed E-state index contributed by atoms with van der Waals surface area (Å²) in [5.74, 6) is 0.275. The number of amides is 3. The van der Waals surface area contributed by atoms with E-state index in [1.54, 1.807) is 12.1 Å². The van der Waals surface area contributed by atoms with E-state index in [-0.39, 0.29) is 25.1 Å². The van der Waals surface area contributed by atoms with E-state index in [1.807, 2.05) is 29.2 Å². The maximum absolute atomic E-state index is 12.1. The molecule has 1 fully saturated rings. The Morgan fingerprint density at radius 3 is 2.77 bits per heavy atom. The number of nitrogens with zero attached hydrogens (tertiary/aromatic N) is 1. The number of carbonyl (C=O) groups is 2. The molecule has 8 heteroatoms. The van der Waals surface area contributed by atoms with Gasteiger partial charge in [-0.05, 0) is 29.8 Å². The molecule has 2 N–H and O–H groups in total. The van der Waals surface area contributed by atoms with Crippen molar-refractivity contribution in [2.45, 2.75) is 12.6 Å². The molecule has 0 bridgehead atoms. The molecule has 0 spiro atoms. The number of ether oxygens (including phenoxy) is 1. The van der Waals surface area contributed by atoms with Crippen LogP contribution in [0.4, 0.5) is 4.79 Å². The Hall–Kier alpha value is -2.16. The maximum atomic E-state index is 12.1. The third-order valence-corrected chi connectivity index (χ3v) is 4.54. The molecule has 3 amide bonds. The number of halogens is 1. The first-order valence-corrected chi connectivity index (χ1v) is 9.09. The van der Waals surface area contributed by atoms with Gasteiger partial charge in [-0.1, -0.05) is 28.1 Å². The van der Waals surface area contributed by atoms with E-state index < -0.39 is 6.03 Å². The third-order valence-electron chi connectivity index (χ3n) is 4.02. The van der Waals surface area contributed by atoms with Crippen molar-refractivity contribution in [1.82, 2.24) is 15.5 Å². The van der Waals surface area contributed by atoms with Crippen molar-refractivity contribution >= 4 is 27.9 Å². The lowest BCUT2D eigenvalue weighted by Crippen LogP contribution is -2.47. The van der Waals surface area contributed by atoms with Gasteiger partial charge in [0.15, 0.2) is 0 Å². The number of carbonyl (C=O) groups excluding carboxylic acids is 2. The fourth-order valence-electron chi connectivity index (χ4n) is 2.72. The molecule has 138 valence electrons. The number of urea groups is 1. The highest BCUT2D eigenvalue weighted by atomic mass is 79.9. The zero-order chi connectivity index (χ0) is 18.4. The third kappa shape index (κ3) is 5.42. The molecule has 1 aromatic heterocycles. The number of benzene rings is 1. The Morgan fingerprint density at radius 1 is 1.23 bits per heavy atom. The van der Waals surface area contributed by atoms with Crippen LogP contribution in [0.5, 0.6) is 0 Å². The standard InChI is InChI=1S/C18H20BrN3O4/c19-14-5-3-13(4-6-14)16-11-22(7-9-26-16)12-17(23)21-18(24)20-10-15-2-1-8-25-15/h1-6,8,16H,7,9-12H2,(H2,20,21,23,24). The highest BCUT2D eigenvalue weighted by molar-refractivity contribution is 9.10. The summed E-state index contributed by atoms with van der Waals surface area (Å²) in [4.78, 5) is 25.8. The minimum absolute atomic E-state index is 0.0857. The average Bonchev–Trinajstić information content (AvgIpc) is 3.14. The van der Waals surface area contributed by atoms with Crippen molar-refractivity contribution in [2.75, 3.05) is 26.2 Å². The summed E-state index contributed by atoms with van der Waals surface area (Å²) in [6.45, 7) is 2.16. The van der Waals surface area contributed by atoms with Gasteiger partial charge >= 0.3 is 6.03 Å². The second-order valence-corrected chi connectivity index (χ2v) is 6.87. The molecule has 0 aliphatic carbocycles. The Balaban J connectivity index is 1.44. The van der Waals surface area contributed by atoms with Crippen LogP contribution < -0.4 is 10.6 Å². The molecule has 1 atom stereocenters. The van der Waals surface area contributed by atoms with E-state index in [2.05, 4.69) is 26.6 Å². The van der Waals surface area contributed by atoms with Gasteiger partial charge in [0, 0.05) is 17.6 Å². The van der Waals surface area contributed by atoms with Crippen LogP contribution in [-0.2, 0) is 16.1 Å². The lowest BCUT2D eigenvalue weighted by atomic mass is 10.1. The molecule has 2 heterocycles. The van der Waals surface area contributed by atoms with Crippen LogP contribution >= 0.6 is 15.9 Å². The Bertz CT molecular complexity index is 733. The van der Waals surface area contributed by atoms with Crippen LogP contribution in [0.3, 0.4) is 0 Å². The first-order valence-electron chi connectivity index (χ1n) is 8.29. The zero-order valence-electron chi connectivity index (χ0n) is 14.1. The minimum Gasteiger partial charge on any atom is -0.467 e. The predicted octanol–water partition coefficient (Wildman–Crippen LogP) is 2.44. The first kappa shape index (κ1) is 18.6. The van der Waals surface area contributed by atoms with Crippen LogP contribution in [0.15, 0.2) is 51.6 Å². The lowest BCUT2D eigenvalue weighted by molar-refractivity contribution is -0.123. The van der Waals surface area contributed by atoms with Crippen molar-refractivity contribution in [3.8, 4) is 0 Å². The molecule has 0 radical (unpaired) electrons. The van der Waals surface area contributed by atoms with Crippen LogP contribution in [0.1, 0.15) is 17.4 Å². The van der Waals surface area contributed by atoms with Crippen LogP contribution in [0.25, 0.3) is 0 Å². The molecule has 2 aromatic rings. The number of morpholine rings is 1. The Labute approximate surface area is 159 Å². The molecule has 1 unspecified atom stereocenters. The van der Waals surface area contributed by atoms with Crippen molar-refractivity contribution < 1.29 is 18.7 Å². The number of nitrogens with one attached hydrogen (secondary N) is 2. The molecular weight excluding hydrogens is 402 g/mol. The molecule has 1 aromatic carbocycles. The molecule has 26 heavy (non-hydrogen) atoms. The van der Waals surface area contributed by atoms with Gasteiger partial charge in [-0.15, -0.1) is 0 Å². The van der Waals surface area contributed by atoms with E-state index in [0.717, 1.165) is 10.0 Å². The van der Waals surface area contributed by atoms with Gasteiger partial charge in [0.1, 0.15) is 5.76 Å². The Morgan fingerprint density at radius 2 is 2.04 bits per heavy atom. The number of imide groups is 1. The predicted molar refractivity (Wildman–Crippen MR) is 98.4 cm³/mol. The molecule has 1 aliphatic heterocycles. The van der Waals surface area contributed by atoms with Crippen molar-refractivity contribution in [1.29, 1.82) is 0 Å². The normalized spacial score (nSPS) is 17.7. The zero-order valence-corrected chi connectivity index (χ0v) is 15.7. The Kier molecular flexibility index (Phi) is 6.43. The van der Waals surface area contributed by atoms with E-state index in [1.165, 1.54) is 6.26 Å². The summed E-state index contributed by atoms with van der Waals surface area (Å²) in [5, 5.41) is 4.91. The largest absolute Gasteiger partial charge is 0.467 e. The van der Waals surface area contributed by atoms with E-state index in [9.17, 15) is 9.59 Å². The van der Waals surface area contributed by atoms with Crippen molar-refractivity contribution in [2.24, 2.45) is 0 Å². The van der Waals surface area contributed by atoms with E-state index >= 15 is 0 Å². The summed E-state index contributed by atoms with van der Waals surface area (Å²) < 4.78 is 11.9. The van der Waals surface area contributed by atoms with Crippen molar-refractivity contribution in [3.63, 3.8) is 0 Å². The SMILES string of the molecule is O=C(CN1CCOC(c2ccc(Br)cc2)C1)NC(=O)NCc1ccco1. The van der Waals surface area contributed by atoms with E-state index in [0.29, 0.717) is 25.5 Å². The summed E-state index contributed by atoms with van der Waals surface area (Å²) in [7, 11) is 0. The van der Waals surface area contributed by atoms with Crippen LogP contribution in [0, 0.1) is 0 Å². The fraction of sp³-hybridized carbons (Fsp3) is 0.333. The molecule has 1 saturated heterocycles. The fourth-order valence-corrected chi connectivity index (χ4v) is 2.98. The van der Waals surface area contributed by atoms with Gasteiger partial charge in [-0.25, -0.2) is 4.79 Å². The molecule has 0 saturated carbocycles. The van der Waals surface area contributed by atoms with Gasteiger partial charge in [0.05, 0.1) is 32.1 Å². The lowest BCUT2D eigenvalue weighted by Gasteiger charge is -2.32. The molecule has 7 nitrogen and oxygen atoms in total. The topological polar surface area (TPSA) is 83.8 Å². The van der Waals surface area contributed by atoms with Gasteiger partial charge in [-0.2, -0.15) is 0 Å². The number of hydrogen-bond acceptors (Lipinski definition) is 5. The summed E-state index contributed by atoms with van der Waals surface area (Å²) in [6.07, 6.45) is 1.44. The average molecular weight is 422 g/mol. The monoisotopic (exact) mass is 421 g/mol. The minimum atomic E-state index is -0.538. The van der Waals surface area contributed by atoms with Gasteiger partial charge < -0.3 is 14.5 Å². The summed E-state index contributed by atoms with van der Waals surface area (Å²) in [5.41, 5.74) is 1.06.